The number of ether oxygens (including phenoxy) is 1. The van der Waals surface area contributed by atoms with Crippen molar-refractivity contribution in [1.29, 1.82) is 0 Å². The molecule has 10 heteroatoms. The van der Waals surface area contributed by atoms with E-state index < -0.39 is 5.97 Å². The first-order valence-corrected chi connectivity index (χ1v) is 11.0. The van der Waals surface area contributed by atoms with Crippen LogP contribution >= 0.6 is 23.1 Å². The number of aromatic carboxylic acids is 1. The number of carboxylic acids is 1. The molecule has 0 aliphatic carbocycles. The van der Waals surface area contributed by atoms with Gasteiger partial charge in [-0.25, -0.2) is 9.48 Å². The van der Waals surface area contributed by atoms with Gasteiger partial charge >= 0.3 is 5.97 Å². The van der Waals surface area contributed by atoms with Crippen LogP contribution in [0.2, 0.25) is 5.02 Å². The number of hydrogen-bond donors (Lipinski definition) is 2. The van der Waals surface area contributed by atoms with Gasteiger partial charge in [-0.3, -0.25) is 0 Å². The van der Waals surface area contributed by atoms with Gasteiger partial charge in [0.2, 0.25) is 5.13 Å². The van der Waals surface area contributed by atoms with Crippen LogP contribution in [0.4, 0.5) is 10.8 Å². The van der Waals surface area contributed by atoms with Gasteiger partial charge < -0.3 is 15.2 Å². The monoisotopic (exact) mass is 455 g/mol. The smallest absolute Gasteiger partial charge is 0.335 e. The Bertz CT molecular complexity index is 1270. The van der Waals surface area contributed by atoms with Crippen LogP contribution in [0.15, 0.2) is 42.6 Å². The average Bonchev–Trinajstić information content (AvgIpc) is 3.44. The van der Waals surface area contributed by atoms with E-state index in [1.807, 2.05) is 16.8 Å². The summed E-state index contributed by atoms with van der Waals surface area (Å²) < 4.78 is 12.1. The van der Waals surface area contributed by atoms with Crippen LogP contribution < -0.4 is 5.32 Å². The molecule has 1 saturated heterocycles. The van der Waals surface area contributed by atoms with E-state index in [0.29, 0.717) is 27.2 Å². The van der Waals surface area contributed by atoms with E-state index in [4.69, 9.17) is 16.3 Å². The van der Waals surface area contributed by atoms with Crippen molar-refractivity contribution in [2.45, 2.75) is 25.5 Å². The molecule has 1 atom stereocenters. The zero-order chi connectivity index (χ0) is 21.4. The molecule has 8 nitrogen and oxygen atoms in total. The number of carboxylic acid groups (broad SMARTS) is 1. The number of fused-ring (bicyclic) bond motifs is 1. The zero-order valence-corrected chi connectivity index (χ0v) is 17.9. The Labute approximate surface area is 186 Å². The van der Waals surface area contributed by atoms with Crippen LogP contribution in [0.5, 0.6) is 0 Å². The Kier molecular flexibility index (Phi) is 5.31. The summed E-state index contributed by atoms with van der Waals surface area (Å²) in [4.78, 5) is 15.7. The number of aromatic nitrogens is 4. The summed E-state index contributed by atoms with van der Waals surface area (Å²) in [5, 5.41) is 18.8. The van der Waals surface area contributed by atoms with Gasteiger partial charge in [0, 0.05) is 29.1 Å². The standard InChI is InChI=1S/C21H18ClN5O3S/c22-18-14-11-23-27(17-6-1-2-9-30-17)16(14)8-7-15(18)24-21-25-19(26-31-21)12-4-3-5-13(10-12)20(28)29/h3-5,7-8,10-11,17H,1-2,6,9H2,(H,28,29)(H,24,25,26). The number of nitrogens with zero attached hydrogens (tertiary/aromatic N) is 4. The van der Waals surface area contributed by atoms with Gasteiger partial charge in [0.25, 0.3) is 0 Å². The second-order valence-corrected chi connectivity index (χ2v) is 8.33. The van der Waals surface area contributed by atoms with Gasteiger partial charge in [0.15, 0.2) is 12.1 Å². The van der Waals surface area contributed by atoms with Crippen LogP contribution in [-0.2, 0) is 4.74 Å². The maximum absolute atomic E-state index is 11.2. The summed E-state index contributed by atoms with van der Waals surface area (Å²) in [5.41, 5.74) is 2.44. The van der Waals surface area contributed by atoms with Crippen molar-refractivity contribution in [2.24, 2.45) is 0 Å². The number of benzene rings is 2. The Morgan fingerprint density at radius 3 is 3.00 bits per heavy atom. The third-order valence-electron chi connectivity index (χ3n) is 5.18. The van der Waals surface area contributed by atoms with Gasteiger partial charge in [0.1, 0.15) is 0 Å². The third kappa shape index (κ3) is 3.87. The number of hydrogen-bond acceptors (Lipinski definition) is 7. The molecule has 2 aromatic heterocycles. The van der Waals surface area contributed by atoms with Crippen molar-refractivity contribution < 1.29 is 14.6 Å². The van der Waals surface area contributed by atoms with Crippen LogP contribution in [0.3, 0.4) is 0 Å². The predicted molar refractivity (Wildman–Crippen MR) is 119 cm³/mol. The largest absolute Gasteiger partial charge is 0.478 e. The first-order valence-electron chi connectivity index (χ1n) is 9.82. The van der Waals surface area contributed by atoms with Crippen molar-refractivity contribution in [3.63, 3.8) is 0 Å². The highest BCUT2D eigenvalue weighted by Gasteiger charge is 2.20. The molecule has 31 heavy (non-hydrogen) atoms. The highest BCUT2D eigenvalue weighted by molar-refractivity contribution is 7.10. The number of carbonyl (C=O) groups is 1. The van der Waals surface area contributed by atoms with E-state index in [0.717, 1.165) is 36.8 Å². The fraction of sp³-hybridized carbons (Fsp3) is 0.238. The van der Waals surface area contributed by atoms with Gasteiger partial charge in [0.05, 0.1) is 28.0 Å². The minimum atomic E-state index is -0.991. The van der Waals surface area contributed by atoms with E-state index in [1.54, 1.807) is 24.4 Å². The van der Waals surface area contributed by atoms with Gasteiger partial charge in [-0.05, 0) is 43.5 Å². The molecule has 1 unspecified atom stereocenters. The lowest BCUT2D eigenvalue weighted by Gasteiger charge is -2.23. The van der Waals surface area contributed by atoms with Crippen molar-refractivity contribution in [2.75, 3.05) is 11.9 Å². The van der Waals surface area contributed by atoms with Gasteiger partial charge in [-0.2, -0.15) is 14.5 Å². The predicted octanol–water partition coefficient (Wildman–Crippen LogP) is 5.35. The molecule has 2 aromatic carbocycles. The normalized spacial score (nSPS) is 16.5. The summed E-state index contributed by atoms with van der Waals surface area (Å²) >= 11 is 7.83. The SMILES string of the molecule is O=C(O)c1cccc(-c2nsc(Nc3ccc4c(cnn4C4CCCCO4)c3Cl)n2)c1. The Hall–Kier alpha value is -3.01. The van der Waals surface area contributed by atoms with E-state index in [9.17, 15) is 9.90 Å². The van der Waals surface area contributed by atoms with Crippen molar-refractivity contribution >= 4 is 50.8 Å². The molecule has 158 valence electrons. The molecular formula is C21H18ClN5O3S. The van der Waals surface area contributed by atoms with E-state index >= 15 is 0 Å². The number of halogens is 1. The molecule has 3 heterocycles. The molecule has 4 aromatic rings. The molecule has 2 N–H and O–H groups in total. The fourth-order valence-electron chi connectivity index (χ4n) is 3.63. The summed E-state index contributed by atoms with van der Waals surface area (Å²) in [6.45, 7) is 0.744. The van der Waals surface area contributed by atoms with Crippen LogP contribution in [0, 0.1) is 0 Å². The minimum Gasteiger partial charge on any atom is -0.478 e. The van der Waals surface area contributed by atoms with Gasteiger partial charge in [-0.15, -0.1) is 0 Å². The number of anilines is 2. The van der Waals surface area contributed by atoms with Crippen LogP contribution in [0.25, 0.3) is 22.3 Å². The van der Waals surface area contributed by atoms with Crippen molar-refractivity contribution in [3.05, 3.63) is 53.2 Å². The fourth-order valence-corrected chi connectivity index (χ4v) is 4.49. The summed E-state index contributed by atoms with van der Waals surface area (Å²) in [7, 11) is 0. The summed E-state index contributed by atoms with van der Waals surface area (Å²) in [5.74, 6) is -0.537. The highest BCUT2D eigenvalue weighted by Crippen LogP contribution is 2.36. The Morgan fingerprint density at radius 1 is 1.29 bits per heavy atom. The van der Waals surface area contributed by atoms with Crippen molar-refractivity contribution in [3.8, 4) is 11.4 Å². The summed E-state index contributed by atoms with van der Waals surface area (Å²) in [6, 6.07) is 10.4. The second-order valence-electron chi connectivity index (χ2n) is 7.20. The lowest BCUT2D eigenvalue weighted by Crippen LogP contribution is -2.18. The first kappa shape index (κ1) is 19.9. The van der Waals surface area contributed by atoms with Crippen molar-refractivity contribution in [1.82, 2.24) is 19.1 Å². The Morgan fingerprint density at radius 2 is 2.19 bits per heavy atom. The Balaban J connectivity index is 1.40. The maximum Gasteiger partial charge on any atom is 0.335 e. The molecule has 0 spiro atoms. The highest BCUT2D eigenvalue weighted by atomic mass is 35.5. The lowest BCUT2D eigenvalue weighted by molar-refractivity contribution is -0.0366. The molecule has 1 aliphatic heterocycles. The molecule has 0 amide bonds. The lowest BCUT2D eigenvalue weighted by atomic mass is 10.1. The van der Waals surface area contributed by atoms with E-state index in [2.05, 4.69) is 19.8 Å². The van der Waals surface area contributed by atoms with Crippen LogP contribution in [0.1, 0.15) is 35.8 Å². The van der Waals surface area contributed by atoms with E-state index in [1.165, 1.54) is 17.6 Å². The maximum atomic E-state index is 11.2. The first-order chi connectivity index (χ1) is 15.1. The van der Waals surface area contributed by atoms with Crippen LogP contribution in [-0.4, -0.2) is 36.8 Å². The second kappa shape index (κ2) is 8.26. The minimum absolute atomic E-state index is 0.0617. The molecule has 5 rings (SSSR count). The molecule has 1 fully saturated rings. The number of rotatable bonds is 5. The third-order valence-corrected chi connectivity index (χ3v) is 6.22. The molecule has 1 aliphatic rings. The zero-order valence-electron chi connectivity index (χ0n) is 16.3. The molecule has 0 bridgehead atoms. The molecule has 0 saturated carbocycles. The van der Waals surface area contributed by atoms with Gasteiger partial charge in [-0.1, -0.05) is 23.7 Å². The summed E-state index contributed by atoms with van der Waals surface area (Å²) in [6.07, 6.45) is 4.83. The number of nitrogens with one attached hydrogen (secondary N) is 1. The quantitative estimate of drug-likeness (QED) is 0.418. The average molecular weight is 456 g/mol. The molecule has 0 radical (unpaired) electrons. The van der Waals surface area contributed by atoms with E-state index in [-0.39, 0.29) is 11.8 Å². The molecular weight excluding hydrogens is 438 g/mol. The topological polar surface area (TPSA) is 102 Å².